The molecule has 0 heterocycles. The summed E-state index contributed by atoms with van der Waals surface area (Å²) in [6.45, 7) is 8.44. The number of carbonyl (C=O) groups is 1. The van der Waals surface area contributed by atoms with Crippen molar-refractivity contribution in [2.24, 2.45) is 11.8 Å². The minimum absolute atomic E-state index is 0.474. The van der Waals surface area contributed by atoms with Crippen LogP contribution in [0.3, 0.4) is 0 Å². The normalized spacial score (nSPS) is 15.3. The molecule has 0 aliphatic rings. The molecule has 0 saturated carbocycles. The molecule has 1 heteroatoms. The zero-order chi connectivity index (χ0) is 8.85. The van der Waals surface area contributed by atoms with Crippen LogP contribution in [-0.2, 0) is 4.79 Å². The Balaban J connectivity index is 3.91. The lowest BCUT2D eigenvalue weighted by molar-refractivity contribution is -0.108. The largest absolute Gasteiger partial charge is 0.303 e. The van der Waals surface area contributed by atoms with Crippen LogP contribution < -0.4 is 0 Å². The summed E-state index contributed by atoms with van der Waals surface area (Å²) in [6.07, 6.45) is 3.89. The first-order chi connectivity index (χ1) is 5.07. The second kappa shape index (κ2) is 5.11. The fourth-order valence-electron chi connectivity index (χ4n) is 1.06. The van der Waals surface area contributed by atoms with Crippen molar-refractivity contribution in [1.29, 1.82) is 0 Å². The van der Waals surface area contributed by atoms with Crippen LogP contribution in [0, 0.1) is 11.8 Å². The van der Waals surface area contributed by atoms with Crippen LogP contribution in [0.4, 0.5) is 0 Å². The monoisotopic (exact) mass is 154 g/mol. The van der Waals surface area contributed by atoms with Crippen molar-refractivity contribution in [3.63, 3.8) is 0 Å². The van der Waals surface area contributed by atoms with E-state index in [0.29, 0.717) is 18.3 Å². The Hall–Kier alpha value is -0.590. The highest BCUT2D eigenvalue weighted by Crippen LogP contribution is 2.16. The van der Waals surface area contributed by atoms with Crippen LogP contribution in [0.2, 0.25) is 0 Å². The van der Waals surface area contributed by atoms with Gasteiger partial charge in [-0.1, -0.05) is 25.5 Å². The maximum atomic E-state index is 10.2. The molecule has 0 aromatic rings. The summed E-state index contributed by atoms with van der Waals surface area (Å²) in [5, 5.41) is 0. The van der Waals surface area contributed by atoms with Gasteiger partial charge in [0.15, 0.2) is 0 Å². The molecule has 0 aliphatic heterocycles. The van der Waals surface area contributed by atoms with Gasteiger partial charge in [0, 0.05) is 6.42 Å². The molecule has 0 unspecified atom stereocenters. The maximum Gasteiger partial charge on any atom is 0.120 e. The second-order valence-electron chi connectivity index (χ2n) is 3.48. The van der Waals surface area contributed by atoms with Crippen LogP contribution in [0.15, 0.2) is 11.6 Å². The molecule has 0 radical (unpaired) electrons. The highest BCUT2D eigenvalue weighted by Gasteiger charge is 2.07. The highest BCUT2D eigenvalue weighted by atomic mass is 16.1. The third-order valence-corrected chi connectivity index (χ3v) is 1.96. The average molecular weight is 154 g/mol. The number of allylic oxidation sites excluding steroid dienone is 2. The van der Waals surface area contributed by atoms with Gasteiger partial charge in [0.1, 0.15) is 6.29 Å². The fraction of sp³-hybridized carbons (Fsp3) is 0.700. The van der Waals surface area contributed by atoms with Gasteiger partial charge in [0.2, 0.25) is 0 Å². The minimum Gasteiger partial charge on any atom is -0.303 e. The summed E-state index contributed by atoms with van der Waals surface area (Å²) in [5.74, 6) is 0.993. The number of carbonyl (C=O) groups excluding carboxylic acids is 1. The van der Waals surface area contributed by atoms with E-state index in [1.165, 1.54) is 5.57 Å². The Morgan fingerprint density at radius 3 is 2.27 bits per heavy atom. The number of hydrogen-bond acceptors (Lipinski definition) is 1. The van der Waals surface area contributed by atoms with Gasteiger partial charge in [0.25, 0.3) is 0 Å². The van der Waals surface area contributed by atoms with E-state index in [4.69, 9.17) is 0 Å². The second-order valence-corrected chi connectivity index (χ2v) is 3.48. The maximum absolute atomic E-state index is 10.2. The Labute approximate surface area is 69.5 Å². The number of rotatable bonds is 4. The molecule has 0 rings (SSSR count). The smallest absolute Gasteiger partial charge is 0.120 e. The Bertz CT molecular complexity index is 143. The summed E-state index contributed by atoms with van der Waals surface area (Å²) >= 11 is 0. The first kappa shape index (κ1) is 10.4. The van der Waals surface area contributed by atoms with E-state index >= 15 is 0 Å². The molecule has 1 nitrogen and oxygen atoms in total. The van der Waals surface area contributed by atoms with Gasteiger partial charge < -0.3 is 4.79 Å². The van der Waals surface area contributed by atoms with E-state index in [0.717, 1.165) is 6.29 Å². The standard InChI is InChI=1S/C10H18O/c1-8(2)7-10(4)9(3)5-6-11/h6-7,9-10H,5H2,1-4H3/t9-,10+/m0/s1. The van der Waals surface area contributed by atoms with Gasteiger partial charge in [-0.05, 0) is 25.7 Å². The van der Waals surface area contributed by atoms with E-state index < -0.39 is 0 Å². The van der Waals surface area contributed by atoms with E-state index in [1.807, 2.05) is 0 Å². The van der Waals surface area contributed by atoms with Crippen LogP contribution in [0.25, 0.3) is 0 Å². The van der Waals surface area contributed by atoms with Crippen LogP contribution in [0.1, 0.15) is 34.1 Å². The van der Waals surface area contributed by atoms with E-state index in [1.54, 1.807) is 0 Å². The van der Waals surface area contributed by atoms with Gasteiger partial charge >= 0.3 is 0 Å². The quantitative estimate of drug-likeness (QED) is 0.449. The molecule has 0 aromatic carbocycles. The molecular formula is C10H18O. The topological polar surface area (TPSA) is 17.1 Å². The van der Waals surface area contributed by atoms with Crippen LogP contribution in [0.5, 0.6) is 0 Å². The molecule has 64 valence electrons. The van der Waals surface area contributed by atoms with Gasteiger partial charge in [0.05, 0.1) is 0 Å². The molecule has 0 amide bonds. The summed E-state index contributed by atoms with van der Waals surface area (Å²) in [6, 6.07) is 0. The van der Waals surface area contributed by atoms with Crippen molar-refractivity contribution in [1.82, 2.24) is 0 Å². The Morgan fingerprint density at radius 2 is 1.91 bits per heavy atom. The van der Waals surface area contributed by atoms with Crippen LogP contribution >= 0.6 is 0 Å². The van der Waals surface area contributed by atoms with Crippen molar-refractivity contribution in [3.8, 4) is 0 Å². The lowest BCUT2D eigenvalue weighted by Crippen LogP contribution is -2.05. The van der Waals surface area contributed by atoms with E-state index in [2.05, 4.69) is 33.8 Å². The van der Waals surface area contributed by atoms with Crippen molar-refractivity contribution < 1.29 is 4.79 Å². The van der Waals surface area contributed by atoms with E-state index in [9.17, 15) is 4.79 Å². The van der Waals surface area contributed by atoms with Crippen molar-refractivity contribution in [2.45, 2.75) is 34.1 Å². The Morgan fingerprint density at radius 1 is 1.36 bits per heavy atom. The molecule has 0 aromatic heterocycles. The first-order valence-corrected chi connectivity index (χ1v) is 4.16. The predicted molar refractivity (Wildman–Crippen MR) is 48.4 cm³/mol. The molecule has 2 atom stereocenters. The number of aldehydes is 1. The van der Waals surface area contributed by atoms with Gasteiger partial charge in [-0.25, -0.2) is 0 Å². The predicted octanol–water partition coefficient (Wildman–Crippen LogP) is 2.81. The summed E-state index contributed by atoms with van der Waals surface area (Å²) in [4.78, 5) is 10.2. The summed E-state index contributed by atoms with van der Waals surface area (Å²) < 4.78 is 0. The van der Waals surface area contributed by atoms with Gasteiger partial charge in [-0.2, -0.15) is 0 Å². The molecule has 0 spiro atoms. The lowest BCUT2D eigenvalue weighted by atomic mass is 9.92. The summed E-state index contributed by atoms with van der Waals surface area (Å²) in [5.41, 5.74) is 1.33. The first-order valence-electron chi connectivity index (χ1n) is 4.16. The Kier molecular flexibility index (Phi) is 4.84. The van der Waals surface area contributed by atoms with Crippen LogP contribution in [-0.4, -0.2) is 6.29 Å². The van der Waals surface area contributed by atoms with E-state index in [-0.39, 0.29) is 0 Å². The van der Waals surface area contributed by atoms with Gasteiger partial charge in [-0.3, -0.25) is 0 Å². The minimum atomic E-state index is 0.474. The SMILES string of the molecule is CC(C)=C[C@@H](C)[C@@H](C)CC=O. The zero-order valence-electron chi connectivity index (χ0n) is 7.92. The fourth-order valence-corrected chi connectivity index (χ4v) is 1.06. The highest BCUT2D eigenvalue weighted by molar-refractivity contribution is 5.49. The zero-order valence-corrected chi connectivity index (χ0v) is 7.92. The lowest BCUT2D eigenvalue weighted by Gasteiger charge is -2.13. The molecule has 0 fully saturated rings. The summed E-state index contributed by atoms with van der Waals surface area (Å²) in [7, 11) is 0. The third kappa shape index (κ3) is 4.77. The van der Waals surface area contributed by atoms with Crippen molar-refractivity contribution in [3.05, 3.63) is 11.6 Å². The van der Waals surface area contributed by atoms with Crippen molar-refractivity contribution >= 4 is 6.29 Å². The molecule has 0 bridgehead atoms. The average Bonchev–Trinajstić information content (AvgIpc) is 1.86. The molecule has 0 aliphatic carbocycles. The molecular weight excluding hydrogens is 136 g/mol. The van der Waals surface area contributed by atoms with Gasteiger partial charge in [-0.15, -0.1) is 0 Å². The third-order valence-electron chi connectivity index (χ3n) is 1.96. The molecule has 0 N–H and O–H groups in total. The number of hydrogen-bond donors (Lipinski definition) is 0. The molecule has 11 heavy (non-hydrogen) atoms. The molecule has 0 saturated heterocycles. The van der Waals surface area contributed by atoms with Crippen molar-refractivity contribution in [2.75, 3.05) is 0 Å².